The van der Waals surface area contributed by atoms with Crippen molar-refractivity contribution in [2.45, 2.75) is 0 Å². The van der Waals surface area contributed by atoms with Crippen molar-refractivity contribution < 1.29 is 4.42 Å². The molecule has 0 unspecified atom stereocenters. The van der Waals surface area contributed by atoms with Crippen LogP contribution in [0.25, 0.3) is 121 Å². The summed E-state index contributed by atoms with van der Waals surface area (Å²) in [5.74, 6) is 0. The normalized spacial score (nSPS) is 11.7. The molecule has 15 aromatic rings. The van der Waals surface area contributed by atoms with E-state index in [1.807, 2.05) is 12.1 Å². The Morgan fingerprint density at radius 2 is 0.605 bits per heavy atom. The number of fused-ring (bicyclic) bond motifs is 9. The molecule has 0 aliphatic heterocycles. The minimum atomic E-state index is 0.892. The van der Waals surface area contributed by atoms with Gasteiger partial charge in [0.25, 0.3) is 0 Å². The van der Waals surface area contributed by atoms with Crippen LogP contribution in [0.5, 0.6) is 0 Å². The van der Waals surface area contributed by atoms with Crippen molar-refractivity contribution in [2.75, 3.05) is 4.90 Å². The quantitative estimate of drug-likeness (QED) is 0.144. The highest BCUT2D eigenvalue weighted by molar-refractivity contribution is 6.13. The Morgan fingerprint density at radius 1 is 0.250 bits per heavy atom. The number of nitrogens with zero attached hydrogens (tertiary/aromatic N) is 3. The molecule has 0 saturated heterocycles. The summed E-state index contributed by atoms with van der Waals surface area (Å²) < 4.78 is 11.1. The predicted molar refractivity (Wildman–Crippen MR) is 319 cm³/mol. The van der Waals surface area contributed by atoms with Crippen molar-refractivity contribution in [3.05, 3.63) is 285 Å². The Bertz CT molecular complexity index is 4580. The molecule has 0 fully saturated rings. The van der Waals surface area contributed by atoms with Gasteiger partial charge in [0.15, 0.2) is 0 Å². The van der Waals surface area contributed by atoms with Crippen molar-refractivity contribution >= 4 is 82.6 Å². The fourth-order valence-corrected chi connectivity index (χ4v) is 11.8. The molecule has 0 aliphatic carbocycles. The second-order valence-corrected chi connectivity index (χ2v) is 19.7. The van der Waals surface area contributed by atoms with Gasteiger partial charge in [0, 0.05) is 60.8 Å². The van der Waals surface area contributed by atoms with Crippen LogP contribution >= 0.6 is 0 Å². The van der Waals surface area contributed by atoms with Crippen LogP contribution in [0.15, 0.2) is 290 Å². The van der Waals surface area contributed by atoms with E-state index in [0.717, 1.165) is 83.8 Å². The molecule has 4 nitrogen and oxygen atoms in total. The lowest BCUT2D eigenvalue weighted by atomic mass is 9.98. The second kappa shape index (κ2) is 17.8. The third-order valence-electron chi connectivity index (χ3n) is 15.3. The van der Waals surface area contributed by atoms with Gasteiger partial charge in [0.2, 0.25) is 0 Å². The Labute approximate surface area is 439 Å². The number of aromatic nitrogens is 2. The third kappa shape index (κ3) is 7.22. The zero-order valence-electron chi connectivity index (χ0n) is 41.4. The topological polar surface area (TPSA) is 26.2 Å². The van der Waals surface area contributed by atoms with Crippen molar-refractivity contribution in [3.8, 4) is 55.9 Å². The molecule has 3 aromatic heterocycles. The predicted octanol–water partition coefficient (Wildman–Crippen LogP) is 19.9. The summed E-state index contributed by atoms with van der Waals surface area (Å²) >= 11 is 0. The number of anilines is 3. The van der Waals surface area contributed by atoms with E-state index in [1.54, 1.807) is 0 Å². The van der Waals surface area contributed by atoms with Gasteiger partial charge in [-0.1, -0.05) is 182 Å². The zero-order valence-corrected chi connectivity index (χ0v) is 41.4. The fraction of sp³-hybridized carbons (Fsp3) is 0. The number of furan rings is 1. The molecular formula is C72H47N3O. The SMILES string of the molecule is c1cc(-c2ccc(N(c3ccc(-c4cccc(-n5c6ccccc6c6ccccc65)c4)cc3)c3ccc(-c4cccc5oc6ccccc6c45)cc3)cc2)cc(-c2cccc(-n3c4ccccc4c4ccccc43)c2)c1. The van der Waals surface area contributed by atoms with E-state index >= 15 is 0 Å². The highest BCUT2D eigenvalue weighted by Gasteiger charge is 2.18. The number of hydrogen-bond acceptors (Lipinski definition) is 2. The summed E-state index contributed by atoms with van der Waals surface area (Å²) in [6, 6.07) is 103. The van der Waals surface area contributed by atoms with Crippen molar-refractivity contribution in [1.29, 1.82) is 0 Å². The van der Waals surface area contributed by atoms with Crippen LogP contribution in [0.1, 0.15) is 0 Å². The molecule has 0 atom stereocenters. The molecule has 0 bridgehead atoms. The van der Waals surface area contributed by atoms with Gasteiger partial charge in [0.05, 0.1) is 22.1 Å². The molecule has 0 saturated carbocycles. The Hall–Kier alpha value is -10.2. The van der Waals surface area contributed by atoms with E-state index in [0.29, 0.717) is 0 Å². The summed E-state index contributed by atoms with van der Waals surface area (Å²) in [4.78, 5) is 2.36. The molecule has 15 rings (SSSR count). The Balaban J connectivity index is 0.786. The summed E-state index contributed by atoms with van der Waals surface area (Å²) in [6.07, 6.45) is 0. The lowest BCUT2D eigenvalue weighted by molar-refractivity contribution is 0.669. The molecule has 0 amide bonds. The first-order chi connectivity index (χ1) is 37.7. The average molecular weight is 970 g/mol. The molecule has 0 spiro atoms. The van der Waals surface area contributed by atoms with E-state index in [2.05, 4.69) is 287 Å². The van der Waals surface area contributed by atoms with Gasteiger partial charge in [-0.25, -0.2) is 0 Å². The smallest absolute Gasteiger partial charge is 0.136 e. The highest BCUT2D eigenvalue weighted by Crippen LogP contribution is 2.42. The first-order valence-electron chi connectivity index (χ1n) is 26.0. The van der Waals surface area contributed by atoms with E-state index < -0.39 is 0 Å². The van der Waals surface area contributed by atoms with Crippen LogP contribution in [0, 0.1) is 0 Å². The Morgan fingerprint density at radius 3 is 1.09 bits per heavy atom. The van der Waals surface area contributed by atoms with Gasteiger partial charge in [-0.3, -0.25) is 0 Å². The van der Waals surface area contributed by atoms with Gasteiger partial charge < -0.3 is 18.5 Å². The monoisotopic (exact) mass is 969 g/mol. The number of hydrogen-bond donors (Lipinski definition) is 0. The van der Waals surface area contributed by atoms with Gasteiger partial charge in [-0.15, -0.1) is 0 Å². The largest absolute Gasteiger partial charge is 0.456 e. The molecule has 0 N–H and O–H groups in total. The number of rotatable bonds is 9. The van der Waals surface area contributed by atoms with Crippen LogP contribution in [0.4, 0.5) is 17.1 Å². The summed E-state index contributed by atoms with van der Waals surface area (Å²) in [6.45, 7) is 0. The van der Waals surface area contributed by atoms with Crippen LogP contribution < -0.4 is 4.90 Å². The molecule has 356 valence electrons. The van der Waals surface area contributed by atoms with Crippen LogP contribution in [-0.4, -0.2) is 9.13 Å². The van der Waals surface area contributed by atoms with Crippen LogP contribution in [0.3, 0.4) is 0 Å². The minimum absolute atomic E-state index is 0.892. The van der Waals surface area contributed by atoms with Gasteiger partial charge in [-0.2, -0.15) is 0 Å². The number of benzene rings is 12. The zero-order chi connectivity index (χ0) is 50.1. The molecule has 4 heteroatoms. The highest BCUT2D eigenvalue weighted by atomic mass is 16.3. The lowest BCUT2D eigenvalue weighted by Gasteiger charge is -2.26. The van der Waals surface area contributed by atoms with E-state index in [1.165, 1.54) is 54.7 Å². The first-order valence-corrected chi connectivity index (χ1v) is 26.0. The van der Waals surface area contributed by atoms with Gasteiger partial charge >= 0.3 is 0 Å². The fourth-order valence-electron chi connectivity index (χ4n) is 11.8. The molecule has 12 aromatic carbocycles. The van der Waals surface area contributed by atoms with Crippen molar-refractivity contribution in [3.63, 3.8) is 0 Å². The molecule has 0 aliphatic rings. The third-order valence-corrected chi connectivity index (χ3v) is 15.3. The second-order valence-electron chi connectivity index (χ2n) is 19.7. The summed E-state index contributed by atoms with van der Waals surface area (Å²) in [5, 5.41) is 7.29. The number of para-hydroxylation sites is 5. The molecule has 0 radical (unpaired) electrons. The first kappa shape index (κ1) is 43.4. The maximum absolute atomic E-state index is 6.30. The van der Waals surface area contributed by atoms with Crippen LogP contribution in [-0.2, 0) is 0 Å². The van der Waals surface area contributed by atoms with E-state index in [9.17, 15) is 0 Å². The summed E-state index contributed by atoms with van der Waals surface area (Å²) in [5.41, 5.74) is 21.3. The molecule has 3 heterocycles. The average Bonchev–Trinajstić information content (AvgIpc) is 4.22. The lowest BCUT2D eigenvalue weighted by Crippen LogP contribution is -2.09. The maximum atomic E-state index is 6.30. The standard InChI is InChI=1S/C72H47N3O/c1-6-27-66-61(21-1)62-22-2-7-28-67(62)74(66)58-19-12-17-53(46-58)49-35-41-56(42-36-49)73(57-43-37-50(38-44-57)60-26-14-32-71-72(60)65-25-5-10-31-70(65)76-71)55-39-33-48(34-40-55)51-15-11-16-52(45-51)54-18-13-20-59(47-54)75-68-29-8-3-23-63(68)64-24-4-9-30-69(64)75/h1-47H. The molecule has 76 heavy (non-hydrogen) atoms. The Kier molecular flexibility index (Phi) is 10.2. The minimum Gasteiger partial charge on any atom is -0.456 e. The van der Waals surface area contributed by atoms with Crippen molar-refractivity contribution in [2.24, 2.45) is 0 Å². The van der Waals surface area contributed by atoms with E-state index in [4.69, 9.17) is 4.42 Å². The van der Waals surface area contributed by atoms with E-state index in [-0.39, 0.29) is 0 Å². The molecular weight excluding hydrogens is 923 g/mol. The van der Waals surface area contributed by atoms with Gasteiger partial charge in [-0.05, 0) is 148 Å². The summed E-state index contributed by atoms with van der Waals surface area (Å²) in [7, 11) is 0. The van der Waals surface area contributed by atoms with Gasteiger partial charge in [0.1, 0.15) is 11.2 Å². The van der Waals surface area contributed by atoms with Crippen LogP contribution in [0.2, 0.25) is 0 Å². The van der Waals surface area contributed by atoms with Crippen molar-refractivity contribution in [1.82, 2.24) is 9.13 Å². The maximum Gasteiger partial charge on any atom is 0.136 e.